The Kier molecular flexibility index (Phi) is 6.32. The van der Waals surface area contributed by atoms with Gasteiger partial charge in [-0.1, -0.05) is 13.0 Å². The second kappa shape index (κ2) is 9.16. The Hall–Kier alpha value is -3.13. The van der Waals surface area contributed by atoms with E-state index in [2.05, 4.69) is 21.4 Å². The number of piperidine rings is 1. The topological polar surface area (TPSA) is 104 Å². The van der Waals surface area contributed by atoms with E-state index < -0.39 is 11.4 Å². The van der Waals surface area contributed by atoms with E-state index in [-0.39, 0.29) is 11.9 Å². The molecular weight excluding hydrogens is 411 g/mol. The lowest BCUT2D eigenvalue weighted by molar-refractivity contribution is -0.163. The highest BCUT2D eigenvalue weighted by Crippen LogP contribution is 2.42. The molecule has 1 saturated heterocycles. The molecule has 2 fully saturated rings. The number of nitrogens with one attached hydrogen (secondary N) is 1. The van der Waals surface area contributed by atoms with Crippen molar-refractivity contribution < 1.29 is 19.0 Å². The Balaban J connectivity index is 1.30. The van der Waals surface area contributed by atoms with Crippen LogP contribution in [-0.4, -0.2) is 51.7 Å². The fourth-order valence-electron chi connectivity index (χ4n) is 4.23. The summed E-state index contributed by atoms with van der Waals surface area (Å²) in [5, 5.41) is 9.44. The molecule has 8 heteroatoms. The summed E-state index contributed by atoms with van der Waals surface area (Å²) in [7, 11) is 0. The summed E-state index contributed by atoms with van der Waals surface area (Å²) < 4.78 is 19.4. The first-order valence-corrected chi connectivity index (χ1v) is 10.9. The second-order valence-corrected chi connectivity index (χ2v) is 8.63. The number of halogens is 1. The molecule has 1 aromatic carbocycles. The molecule has 32 heavy (non-hydrogen) atoms. The number of carboxylic acid groups (broad SMARTS) is 1. The standard InChI is InChI=1S/C24H29FN4O3/c1-16(3-4-17(14-26)22-27-20-6-5-18(25)13-21(20)28-22)29-11-7-19(8-12-29)32-15-24(23(30)31)9-2-10-24/h3-6,13-14,19H,1-2,7-12,15,26H2,(H,27,28)(H,30,31)/b4-3-,17-14+. The number of likely N-dealkylation sites (tertiary alicyclic amines) is 1. The number of carboxylic acids is 1. The maximum absolute atomic E-state index is 13.4. The van der Waals surface area contributed by atoms with Crippen molar-refractivity contribution in [3.8, 4) is 0 Å². The van der Waals surface area contributed by atoms with Crippen molar-refractivity contribution in [2.75, 3.05) is 19.7 Å². The monoisotopic (exact) mass is 440 g/mol. The van der Waals surface area contributed by atoms with E-state index in [4.69, 9.17) is 10.5 Å². The molecule has 1 aromatic heterocycles. The van der Waals surface area contributed by atoms with Gasteiger partial charge in [0.05, 0.1) is 29.2 Å². The molecule has 4 N–H and O–H groups in total. The van der Waals surface area contributed by atoms with Crippen molar-refractivity contribution in [1.82, 2.24) is 14.9 Å². The summed E-state index contributed by atoms with van der Waals surface area (Å²) >= 11 is 0. The Morgan fingerprint density at radius 1 is 1.38 bits per heavy atom. The van der Waals surface area contributed by atoms with Gasteiger partial charge < -0.3 is 25.5 Å². The van der Waals surface area contributed by atoms with E-state index in [1.807, 2.05) is 12.2 Å². The number of aliphatic carboxylic acids is 1. The number of aromatic amines is 1. The van der Waals surface area contributed by atoms with Crippen LogP contribution in [0.4, 0.5) is 4.39 Å². The molecule has 1 saturated carbocycles. The SMILES string of the molecule is C=C(/C=C\C(=C/N)c1nc2ccc(F)cc2[nH]1)N1CCC(OCC2(C(=O)O)CCC2)CC1. The van der Waals surface area contributed by atoms with Crippen molar-refractivity contribution in [3.05, 3.63) is 60.5 Å². The average molecular weight is 441 g/mol. The van der Waals surface area contributed by atoms with Crippen LogP contribution in [0.2, 0.25) is 0 Å². The minimum Gasteiger partial charge on any atom is -0.481 e. The van der Waals surface area contributed by atoms with Crippen molar-refractivity contribution in [2.45, 2.75) is 38.2 Å². The molecule has 4 rings (SSSR count). The third-order valence-electron chi connectivity index (χ3n) is 6.56. The molecule has 0 bridgehead atoms. The van der Waals surface area contributed by atoms with Crippen LogP contribution in [0.15, 0.2) is 48.8 Å². The normalized spacial score (nSPS) is 19.4. The van der Waals surface area contributed by atoms with Gasteiger partial charge in [-0.15, -0.1) is 0 Å². The number of hydrogen-bond acceptors (Lipinski definition) is 5. The minimum absolute atomic E-state index is 0.0790. The fourth-order valence-corrected chi connectivity index (χ4v) is 4.23. The molecule has 0 unspecified atom stereocenters. The Morgan fingerprint density at radius 2 is 2.12 bits per heavy atom. The van der Waals surface area contributed by atoms with Crippen LogP contribution >= 0.6 is 0 Å². The van der Waals surface area contributed by atoms with Crippen LogP contribution in [-0.2, 0) is 9.53 Å². The van der Waals surface area contributed by atoms with Crippen molar-refractivity contribution >= 4 is 22.6 Å². The molecule has 170 valence electrons. The predicted octanol–water partition coefficient (Wildman–Crippen LogP) is 3.81. The number of fused-ring (bicyclic) bond motifs is 1. The molecule has 0 radical (unpaired) electrons. The van der Waals surface area contributed by atoms with E-state index in [1.54, 1.807) is 6.07 Å². The van der Waals surface area contributed by atoms with Gasteiger partial charge in [0, 0.05) is 30.6 Å². The van der Waals surface area contributed by atoms with Gasteiger partial charge in [0.15, 0.2) is 0 Å². The smallest absolute Gasteiger partial charge is 0.311 e. The number of allylic oxidation sites excluding steroid dienone is 3. The Labute approximate surface area is 186 Å². The van der Waals surface area contributed by atoms with Crippen LogP contribution in [0.3, 0.4) is 0 Å². The lowest BCUT2D eigenvalue weighted by atomic mass is 9.69. The molecule has 0 spiro atoms. The van der Waals surface area contributed by atoms with Crippen LogP contribution in [0.5, 0.6) is 0 Å². The average Bonchev–Trinajstić information content (AvgIpc) is 3.16. The summed E-state index contributed by atoms with van der Waals surface area (Å²) in [4.78, 5) is 21.2. The van der Waals surface area contributed by atoms with Crippen molar-refractivity contribution in [2.24, 2.45) is 11.1 Å². The molecule has 2 aliphatic rings. The zero-order chi connectivity index (χ0) is 22.7. The summed E-state index contributed by atoms with van der Waals surface area (Å²) in [5.74, 6) is -0.501. The molecule has 1 aliphatic carbocycles. The van der Waals surface area contributed by atoms with Gasteiger partial charge in [-0.3, -0.25) is 4.79 Å². The maximum Gasteiger partial charge on any atom is 0.311 e. The van der Waals surface area contributed by atoms with E-state index in [1.165, 1.54) is 18.3 Å². The molecule has 0 amide bonds. The van der Waals surface area contributed by atoms with Gasteiger partial charge >= 0.3 is 5.97 Å². The van der Waals surface area contributed by atoms with E-state index in [9.17, 15) is 14.3 Å². The first-order valence-electron chi connectivity index (χ1n) is 10.9. The Bertz CT molecular complexity index is 1060. The first kappa shape index (κ1) is 22.1. The summed E-state index contributed by atoms with van der Waals surface area (Å²) in [6.07, 6.45) is 9.30. The molecule has 2 aromatic rings. The van der Waals surface area contributed by atoms with E-state index in [0.717, 1.165) is 38.0 Å². The van der Waals surface area contributed by atoms with Gasteiger partial charge in [-0.2, -0.15) is 0 Å². The lowest BCUT2D eigenvalue weighted by Gasteiger charge is -2.40. The number of H-pyrrole nitrogens is 1. The largest absolute Gasteiger partial charge is 0.481 e. The zero-order valence-corrected chi connectivity index (χ0v) is 18.0. The molecule has 7 nitrogen and oxygen atoms in total. The quantitative estimate of drug-likeness (QED) is 0.539. The van der Waals surface area contributed by atoms with Crippen LogP contribution in [0.25, 0.3) is 16.6 Å². The number of carbonyl (C=O) groups is 1. The van der Waals surface area contributed by atoms with Crippen molar-refractivity contribution in [1.29, 1.82) is 0 Å². The summed E-state index contributed by atoms with van der Waals surface area (Å²) in [6.45, 7) is 6.05. The highest BCUT2D eigenvalue weighted by atomic mass is 19.1. The zero-order valence-electron chi connectivity index (χ0n) is 18.0. The number of nitrogens with zero attached hydrogens (tertiary/aromatic N) is 2. The molecule has 0 atom stereocenters. The number of benzene rings is 1. The number of imidazole rings is 1. The highest BCUT2D eigenvalue weighted by Gasteiger charge is 2.45. The third-order valence-corrected chi connectivity index (χ3v) is 6.56. The summed E-state index contributed by atoms with van der Waals surface area (Å²) in [5.41, 5.74) is 7.94. The van der Waals surface area contributed by atoms with Crippen LogP contribution in [0.1, 0.15) is 37.9 Å². The highest BCUT2D eigenvalue weighted by molar-refractivity contribution is 5.81. The lowest BCUT2D eigenvalue weighted by Crippen LogP contribution is -2.44. The number of rotatable bonds is 8. The van der Waals surface area contributed by atoms with Crippen LogP contribution in [0, 0.1) is 11.2 Å². The first-order chi connectivity index (χ1) is 15.4. The van der Waals surface area contributed by atoms with Gasteiger partial charge in [0.1, 0.15) is 11.6 Å². The van der Waals surface area contributed by atoms with Crippen molar-refractivity contribution in [3.63, 3.8) is 0 Å². The number of aromatic nitrogens is 2. The molecular formula is C24H29FN4O3. The van der Waals surface area contributed by atoms with E-state index >= 15 is 0 Å². The van der Waals surface area contributed by atoms with Gasteiger partial charge in [-0.25, -0.2) is 9.37 Å². The van der Waals surface area contributed by atoms with Crippen LogP contribution < -0.4 is 5.73 Å². The van der Waals surface area contributed by atoms with E-state index in [0.29, 0.717) is 41.9 Å². The summed E-state index contributed by atoms with van der Waals surface area (Å²) in [6, 6.07) is 4.40. The van der Waals surface area contributed by atoms with Gasteiger partial charge in [0.2, 0.25) is 0 Å². The van der Waals surface area contributed by atoms with Gasteiger partial charge in [-0.05, 0) is 56.0 Å². The maximum atomic E-state index is 13.4. The minimum atomic E-state index is -0.738. The third kappa shape index (κ3) is 4.55. The second-order valence-electron chi connectivity index (χ2n) is 8.63. The number of nitrogens with two attached hydrogens (primary N) is 1. The Morgan fingerprint density at radius 3 is 2.75 bits per heavy atom. The molecule has 1 aliphatic heterocycles. The number of ether oxygens (including phenoxy) is 1. The fraction of sp³-hybridized carbons (Fsp3) is 0.417. The number of hydrogen-bond donors (Lipinski definition) is 3. The van der Waals surface area contributed by atoms with Gasteiger partial charge in [0.25, 0.3) is 0 Å². The predicted molar refractivity (Wildman–Crippen MR) is 121 cm³/mol. The molecule has 2 heterocycles.